The Balaban J connectivity index is 2.88. The molecule has 0 fully saturated rings. The van der Waals surface area contributed by atoms with Crippen LogP contribution in [0.25, 0.3) is 0 Å². The van der Waals surface area contributed by atoms with Crippen molar-refractivity contribution in [2.24, 2.45) is 5.92 Å². The second kappa shape index (κ2) is 5.16. The second-order valence-corrected chi connectivity index (χ2v) is 6.11. The summed E-state index contributed by atoms with van der Waals surface area (Å²) in [6.45, 7) is 3.61. The predicted octanol–water partition coefficient (Wildman–Crippen LogP) is 2.18. The minimum atomic E-state index is -3.42. The molecule has 0 unspecified atom stereocenters. The van der Waals surface area contributed by atoms with Gasteiger partial charge in [0.2, 0.25) is 15.3 Å². The van der Waals surface area contributed by atoms with Gasteiger partial charge in [0.25, 0.3) is 0 Å². The molecule has 90 valence electrons. The van der Waals surface area contributed by atoms with E-state index in [1.165, 1.54) is 6.07 Å². The highest BCUT2D eigenvalue weighted by Crippen LogP contribution is 2.16. The molecular weight excluding hydrogens is 273 g/mol. The summed E-state index contributed by atoms with van der Waals surface area (Å²) in [7, 11) is -3.42. The quantitative estimate of drug-likeness (QED) is 0.679. The smallest absolute Gasteiger partial charge is 0.234 e. The number of aromatic nitrogens is 2. The van der Waals surface area contributed by atoms with Crippen LogP contribution >= 0.6 is 23.2 Å². The first-order valence-electron chi connectivity index (χ1n) is 4.49. The molecule has 1 aromatic rings. The molecular formula is C8H11Cl2N3O2S. The number of nitrogens with zero attached hydrogens (tertiary/aromatic N) is 2. The molecule has 0 amide bonds. The summed E-state index contributed by atoms with van der Waals surface area (Å²) in [5.41, 5.74) is 0. The Hall–Kier alpha value is -0.590. The third-order valence-corrected chi connectivity index (χ3v) is 3.47. The molecule has 0 radical (unpaired) electrons. The lowest BCUT2D eigenvalue weighted by Crippen LogP contribution is -2.20. The Morgan fingerprint density at radius 1 is 1.38 bits per heavy atom. The zero-order valence-electron chi connectivity index (χ0n) is 8.74. The first-order chi connectivity index (χ1) is 7.28. The fourth-order valence-corrected chi connectivity index (χ4v) is 2.87. The molecule has 0 aliphatic carbocycles. The zero-order chi connectivity index (χ0) is 12.3. The van der Waals surface area contributed by atoms with E-state index in [9.17, 15) is 8.42 Å². The fraction of sp³-hybridized carbons (Fsp3) is 0.500. The first-order valence-corrected chi connectivity index (χ1v) is 6.90. The molecule has 1 N–H and O–H groups in total. The molecule has 0 atom stereocenters. The van der Waals surface area contributed by atoms with Crippen LogP contribution in [0.2, 0.25) is 10.4 Å². The van der Waals surface area contributed by atoms with Gasteiger partial charge in [-0.1, -0.05) is 25.4 Å². The summed E-state index contributed by atoms with van der Waals surface area (Å²) in [5.74, 6) is 0.0996. The van der Waals surface area contributed by atoms with Gasteiger partial charge in [-0.05, 0) is 17.5 Å². The first kappa shape index (κ1) is 13.5. The van der Waals surface area contributed by atoms with E-state index >= 15 is 0 Å². The summed E-state index contributed by atoms with van der Waals surface area (Å²) in [6, 6.07) is 1.30. The molecule has 1 aromatic heterocycles. The summed E-state index contributed by atoms with van der Waals surface area (Å²) in [5, 5.41) is -0.0167. The molecule has 0 aliphatic heterocycles. The van der Waals surface area contributed by atoms with E-state index in [0.717, 1.165) is 0 Å². The summed E-state index contributed by atoms with van der Waals surface area (Å²) in [6.07, 6.45) is 0. The molecule has 0 aromatic carbocycles. The molecule has 8 heteroatoms. The van der Waals surface area contributed by atoms with Crippen LogP contribution < -0.4 is 4.72 Å². The van der Waals surface area contributed by atoms with Gasteiger partial charge in [-0.15, -0.1) is 0 Å². The number of hydrogen-bond acceptors (Lipinski definition) is 4. The molecule has 16 heavy (non-hydrogen) atoms. The lowest BCUT2D eigenvalue weighted by Gasteiger charge is -2.09. The number of halogens is 2. The summed E-state index contributed by atoms with van der Waals surface area (Å²) < 4.78 is 25.4. The van der Waals surface area contributed by atoms with E-state index in [1.54, 1.807) is 13.8 Å². The van der Waals surface area contributed by atoms with E-state index in [-0.39, 0.29) is 27.9 Å². The van der Waals surface area contributed by atoms with Crippen molar-refractivity contribution in [2.45, 2.75) is 13.8 Å². The van der Waals surface area contributed by atoms with Gasteiger partial charge in [-0.3, -0.25) is 4.72 Å². The van der Waals surface area contributed by atoms with E-state index in [4.69, 9.17) is 23.2 Å². The third kappa shape index (κ3) is 4.51. The Labute approximate surface area is 104 Å². The van der Waals surface area contributed by atoms with Crippen LogP contribution in [0, 0.1) is 5.92 Å². The minimum Gasteiger partial charge on any atom is -0.267 e. The highest BCUT2D eigenvalue weighted by molar-refractivity contribution is 7.92. The average Bonchev–Trinajstić information content (AvgIpc) is 1.95. The molecule has 0 saturated heterocycles. The Morgan fingerprint density at radius 2 is 2.00 bits per heavy atom. The standard InChI is InChI=1S/C8H11Cl2N3O2S/c1-5(2)4-16(14,15)13-7-3-6(9)11-8(10)12-7/h3,5H,4H2,1-2H3,(H,11,12,13). The highest BCUT2D eigenvalue weighted by atomic mass is 35.5. The number of anilines is 1. The van der Waals surface area contributed by atoms with Crippen molar-refractivity contribution in [3.63, 3.8) is 0 Å². The SMILES string of the molecule is CC(C)CS(=O)(=O)Nc1cc(Cl)nc(Cl)n1. The number of sulfonamides is 1. The zero-order valence-corrected chi connectivity index (χ0v) is 11.1. The van der Waals surface area contributed by atoms with Crippen molar-refractivity contribution in [3.05, 3.63) is 16.5 Å². The Kier molecular flexibility index (Phi) is 4.35. The molecule has 5 nitrogen and oxygen atoms in total. The maximum Gasteiger partial charge on any atom is 0.234 e. The largest absolute Gasteiger partial charge is 0.267 e. The van der Waals surface area contributed by atoms with Crippen LogP contribution in [-0.2, 0) is 10.0 Å². The van der Waals surface area contributed by atoms with E-state index in [1.807, 2.05) is 0 Å². The fourth-order valence-electron chi connectivity index (χ4n) is 1.08. The van der Waals surface area contributed by atoms with Gasteiger partial charge in [0.05, 0.1) is 5.75 Å². The summed E-state index contributed by atoms with van der Waals surface area (Å²) >= 11 is 11.2. The maximum absolute atomic E-state index is 11.6. The molecule has 0 bridgehead atoms. The average molecular weight is 284 g/mol. The van der Waals surface area contributed by atoms with Gasteiger partial charge in [0.15, 0.2) is 0 Å². The van der Waals surface area contributed by atoms with Crippen molar-refractivity contribution in [2.75, 3.05) is 10.5 Å². The van der Waals surface area contributed by atoms with Crippen molar-refractivity contribution in [1.82, 2.24) is 9.97 Å². The van der Waals surface area contributed by atoms with Crippen LogP contribution in [0.15, 0.2) is 6.07 Å². The number of rotatable bonds is 4. The van der Waals surface area contributed by atoms with Crippen LogP contribution in [0.3, 0.4) is 0 Å². The van der Waals surface area contributed by atoms with Gasteiger partial charge in [0.1, 0.15) is 11.0 Å². The van der Waals surface area contributed by atoms with Gasteiger partial charge >= 0.3 is 0 Å². The van der Waals surface area contributed by atoms with E-state index in [0.29, 0.717) is 0 Å². The van der Waals surface area contributed by atoms with Crippen molar-refractivity contribution in [3.8, 4) is 0 Å². The molecule has 0 spiro atoms. The third-order valence-electron chi connectivity index (χ3n) is 1.48. The normalized spacial score (nSPS) is 11.8. The van der Waals surface area contributed by atoms with Crippen LogP contribution in [-0.4, -0.2) is 24.1 Å². The van der Waals surface area contributed by atoms with Gasteiger partial charge in [-0.25, -0.2) is 13.4 Å². The minimum absolute atomic E-state index is 0.00619. The van der Waals surface area contributed by atoms with E-state index < -0.39 is 10.0 Å². The Bertz CT molecular complexity index is 456. The maximum atomic E-state index is 11.6. The van der Waals surface area contributed by atoms with Gasteiger partial charge in [0, 0.05) is 6.07 Å². The monoisotopic (exact) mass is 283 g/mol. The molecule has 1 heterocycles. The second-order valence-electron chi connectivity index (χ2n) is 3.62. The molecule has 0 aliphatic rings. The van der Waals surface area contributed by atoms with Gasteiger partial charge in [-0.2, -0.15) is 4.98 Å². The lowest BCUT2D eigenvalue weighted by atomic mass is 10.3. The Morgan fingerprint density at radius 3 is 2.50 bits per heavy atom. The highest BCUT2D eigenvalue weighted by Gasteiger charge is 2.14. The van der Waals surface area contributed by atoms with Crippen LogP contribution in [0.1, 0.15) is 13.8 Å². The van der Waals surface area contributed by atoms with Crippen LogP contribution in [0.5, 0.6) is 0 Å². The topological polar surface area (TPSA) is 72.0 Å². The van der Waals surface area contributed by atoms with E-state index in [2.05, 4.69) is 14.7 Å². The molecule has 0 saturated carbocycles. The predicted molar refractivity (Wildman–Crippen MR) is 64.3 cm³/mol. The van der Waals surface area contributed by atoms with Crippen LogP contribution in [0.4, 0.5) is 5.82 Å². The van der Waals surface area contributed by atoms with Gasteiger partial charge < -0.3 is 0 Å². The summed E-state index contributed by atoms with van der Waals surface area (Å²) in [4.78, 5) is 7.32. The number of hydrogen-bond donors (Lipinski definition) is 1. The van der Waals surface area contributed by atoms with Crippen molar-refractivity contribution in [1.29, 1.82) is 0 Å². The molecule has 1 rings (SSSR count). The van der Waals surface area contributed by atoms with Crippen molar-refractivity contribution < 1.29 is 8.42 Å². The van der Waals surface area contributed by atoms with Crippen molar-refractivity contribution >= 4 is 39.0 Å². The number of nitrogens with one attached hydrogen (secondary N) is 1. The lowest BCUT2D eigenvalue weighted by molar-refractivity contribution is 0.587.